The van der Waals surface area contributed by atoms with Crippen LogP contribution in [0.3, 0.4) is 0 Å². The Balaban J connectivity index is 0.00000338. The van der Waals surface area contributed by atoms with Crippen LogP contribution in [0.25, 0.3) is 0 Å². The molecule has 5 nitrogen and oxygen atoms in total. The second kappa shape index (κ2) is 12.4. The van der Waals surface area contributed by atoms with Crippen LogP contribution in [-0.2, 0) is 4.74 Å². The molecule has 2 fully saturated rings. The van der Waals surface area contributed by atoms with E-state index in [1.54, 1.807) is 7.11 Å². The summed E-state index contributed by atoms with van der Waals surface area (Å²) in [6, 6.07) is 0. The lowest BCUT2D eigenvalue weighted by molar-refractivity contribution is 0.0732. The molecule has 0 amide bonds. The van der Waals surface area contributed by atoms with Crippen LogP contribution in [0.2, 0.25) is 0 Å². The van der Waals surface area contributed by atoms with E-state index in [2.05, 4.69) is 34.4 Å². The molecule has 6 heteroatoms. The molecular weight excluding hydrogens is 439 g/mol. The van der Waals surface area contributed by atoms with E-state index in [0.29, 0.717) is 5.41 Å². The van der Waals surface area contributed by atoms with Crippen molar-refractivity contribution in [2.24, 2.45) is 22.2 Å². The minimum Gasteiger partial charge on any atom is -0.385 e. The second-order valence-corrected chi connectivity index (χ2v) is 8.56. The first-order chi connectivity index (χ1) is 12.1. The van der Waals surface area contributed by atoms with E-state index in [9.17, 15) is 0 Å². The fourth-order valence-electron chi connectivity index (χ4n) is 4.24. The highest BCUT2D eigenvalue weighted by molar-refractivity contribution is 14.0. The highest BCUT2D eigenvalue weighted by Crippen LogP contribution is 2.43. The van der Waals surface area contributed by atoms with Gasteiger partial charge in [0.1, 0.15) is 0 Å². The van der Waals surface area contributed by atoms with Gasteiger partial charge in [-0.1, -0.05) is 20.3 Å². The van der Waals surface area contributed by atoms with Crippen molar-refractivity contribution in [3.05, 3.63) is 0 Å². The second-order valence-electron chi connectivity index (χ2n) is 8.56. The molecule has 1 aliphatic carbocycles. The topological polar surface area (TPSA) is 48.9 Å². The third kappa shape index (κ3) is 7.89. The zero-order chi connectivity index (χ0) is 18.1. The molecule has 0 spiro atoms. The Morgan fingerprint density at radius 3 is 2.62 bits per heavy atom. The number of methoxy groups -OCH3 is 1. The molecule has 1 saturated heterocycles. The summed E-state index contributed by atoms with van der Waals surface area (Å²) in [7, 11) is 3.68. The number of hydrogen-bond donors (Lipinski definition) is 2. The van der Waals surface area contributed by atoms with Gasteiger partial charge in [0.25, 0.3) is 0 Å². The standard InChI is InChI=1S/C20H40N4O.HI/c1-17(2)14-24-11-5-7-18(15-24)13-22-19(21-3)23-16-20(8-6-9-20)10-12-25-4;/h17-18H,5-16H2,1-4H3,(H2,21,22,23);1H. The van der Waals surface area contributed by atoms with Gasteiger partial charge < -0.3 is 20.3 Å². The molecule has 1 heterocycles. The van der Waals surface area contributed by atoms with Crippen molar-refractivity contribution in [1.82, 2.24) is 15.5 Å². The Hall–Kier alpha value is -0.0800. The Bertz CT molecular complexity index is 413. The summed E-state index contributed by atoms with van der Waals surface area (Å²) in [5, 5.41) is 7.14. The summed E-state index contributed by atoms with van der Waals surface area (Å²) in [5.74, 6) is 2.45. The predicted octanol–water partition coefficient (Wildman–Crippen LogP) is 3.34. The van der Waals surface area contributed by atoms with Crippen molar-refractivity contribution in [3.63, 3.8) is 0 Å². The maximum Gasteiger partial charge on any atom is 0.191 e. The number of rotatable bonds is 9. The van der Waals surface area contributed by atoms with Crippen molar-refractivity contribution >= 4 is 29.9 Å². The van der Waals surface area contributed by atoms with E-state index in [1.807, 2.05) is 7.05 Å². The number of halogens is 1. The van der Waals surface area contributed by atoms with Gasteiger partial charge >= 0.3 is 0 Å². The first-order valence-electron chi connectivity index (χ1n) is 10.2. The van der Waals surface area contributed by atoms with Gasteiger partial charge in [-0.25, -0.2) is 0 Å². The number of guanidine groups is 1. The van der Waals surface area contributed by atoms with Crippen molar-refractivity contribution < 1.29 is 4.74 Å². The van der Waals surface area contributed by atoms with E-state index >= 15 is 0 Å². The maximum atomic E-state index is 5.29. The highest BCUT2D eigenvalue weighted by Gasteiger charge is 2.36. The van der Waals surface area contributed by atoms with Gasteiger partial charge in [-0.05, 0) is 55.9 Å². The molecule has 0 aromatic rings. The number of aliphatic imine (C=N–C) groups is 1. The average molecular weight is 480 g/mol. The summed E-state index contributed by atoms with van der Waals surface area (Å²) in [5.41, 5.74) is 0.423. The van der Waals surface area contributed by atoms with Crippen LogP contribution in [0, 0.1) is 17.3 Å². The van der Waals surface area contributed by atoms with E-state index in [0.717, 1.165) is 43.9 Å². The normalized spacial score (nSPS) is 23.3. The van der Waals surface area contributed by atoms with Gasteiger partial charge in [0.15, 0.2) is 5.96 Å². The lowest BCUT2D eigenvalue weighted by Gasteiger charge is -2.42. The van der Waals surface area contributed by atoms with Gasteiger partial charge in [-0.2, -0.15) is 0 Å². The van der Waals surface area contributed by atoms with E-state index in [4.69, 9.17) is 4.74 Å². The number of likely N-dealkylation sites (tertiary alicyclic amines) is 1. The lowest BCUT2D eigenvalue weighted by Crippen LogP contribution is -2.49. The third-order valence-electron chi connectivity index (χ3n) is 5.89. The van der Waals surface area contributed by atoms with Crippen molar-refractivity contribution in [2.45, 2.75) is 52.4 Å². The Labute approximate surface area is 178 Å². The molecule has 0 radical (unpaired) electrons. The summed E-state index contributed by atoms with van der Waals surface area (Å²) in [4.78, 5) is 7.06. The Kier molecular flexibility index (Phi) is 11.4. The summed E-state index contributed by atoms with van der Waals surface area (Å²) in [6.07, 6.45) is 7.79. The molecule has 1 unspecified atom stereocenters. The first-order valence-corrected chi connectivity index (χ1v) is 10.2. The van der Waals surface area contributed by atoms with Crippen LogP contribution in [0.1, 0.15) is 52.4 Å². The zero-order valence-corrected chi connectivity index (χ0v) is 19.7. The molecular formula is C20H41IN4O. The summed E-state index contributed by atoms with van der Waals surface area (Å²) < 4.78 is 5.29. The monoisotopic (exact) mass is 480 g/mol. The molecule has 154 valence electrons. The Morgan fingerprint density at radius 2 is 2.04 bits per heavy atom. The van der Waals surface area contributed by atoms with Crippen LogP contribution in [0.5, 0.6) is 0 Å². The van der Waals surface area contributed by atoms with Gasteiger partial charge in [-0.15, -0.1) is 24.0 Å². The zero-order valence-electron chi connectivity index (χ0n) is 17.4. The quantitative estimate of drug-likeness (QED) is 0.302. The van der Waals surface area contributed by atoms with E-state index in [-0.39, 0.29) is 24.0 Å². The van der Waals surface area contributed by atoms with Crippen LogP contribution >= 0.6 is 24.0 Å². The lowest BCUT2D eigenvalue weighted by atomic mass is 9.67. The van der Waals surface area contributed by atoms with Crippen molar-refractivity contribution in [3.8, 4) is 0 Å². The fourth-order valence-corrected chi connectivity index (χ4v) is 4.24. The molecule has 2 aliphatic rings. The van der Waals surface area contributed by atoms with Crippen molar-refractivity contribution in [2.75, 3.05) is 53.5 Å². The SMILES string of the molecule is CN=C(NCC1CCCN(CC(C)C)C1)NCC1(CCOC)CCC1.I. The molecule has 26 heavy (non-hydrogen) atoms. The molecule has 1 aliphatic heterocycles. The molecule has 2 N–H and O–H groups in total. The highest BCUT2D eigenvalue weighted by atomic mass is 127. The number of nitrogens with one attached hydrogen (secondary N) is 2. The number of hydrogen-bond acceptors (Lipinski definition) is 3. The van der Waals surface area contributed by atoms with Crippen LogP contribution in [-0.4, -0.2) is 64.3 Å². The minimum atomic E-state index is 0. The van der Waals surface area contributed by atoms with Gasteiger partial charge in [0.2, 0.25) is 0 Å². The number of piperidine rings is 1. The molecule has 2 rings (SSSR count). The first kappa shape index (κ1) is 24.0. The predicted molar refractivity (Wildman–Crippen MR) is 122 cm³/mol. The largest absolute Gasteiger partial charge is 0.385 e. The molecule has 0 aromatic carbocycles. The number of nitrogens with zero attached hydrogens (tertiary/aromatic N) is 2. The average Bonchev–Trinajstić information content (AvgIpc) is 2.56. The molecule has 0 bridgehead atoms. The van der Waals surface area contributed by atoms with E-state index < -0.39 is 0 Å². The fraction of sp³-hybridized carbons (Fsp3) is 0.950. The van der Waals surface area contributed by atoms with Gasteiger partial charge in [-0.3, -0.25) is 4.99 Å². The summed E-state index contributed by atoms with van der Waals surface area (Å²) in [6.45, 7) is 11.2. The summed E-state index contributed by atoms with van der Waals surface area (Å²) >= 11 is 0. The van der Waals surface area contributed by atoms with Crippen LogP contribution < -0.4 is 10.6 Å². The van der Waals surface area contributed by atoms with E-state index in [1.165, 1.54) is 51.7 Å². The van der Waals surface area contributed by atoms with Gasteiger partial charge in [0.05, 0.1) is 0 Å². The van der Waals surface area contributed by atoms with Gasteiger partial charge in [0, 0.05) is 46.9 Å². The third-order valence-corrected chi connectivity index (χ3v) is 5.89. The smallest absolute Gasteiger partial charge is 0.191 e. The Morgan fingerprint density at radius 1 is 1.27 bits per heavy atom. The van der Waals surface area contributed by atoms with Crippen molar-refractivity contribution in [1.29, 1.82) is 0 Å². The van der Waals surface area contributed by atoms with Crippen LogP contribution in [0.15, 0.2) is 4.99 Å². The minimum absolute atomic E-state index is 0. The van der Waals surface area contributed by atoms with Crippen LogP contribution in [0.4, 0.5) is 0 Å². The molecule has 1 atom stereocenters. The molecule has 1 saturated carbocycles. The number of ether oxygens (including phenoxy) is 1. The maximum absolute atomic E-state index is 5.29. The molecule has 0 aromatic heterocycles.